The van der Waals surface area contributed by atoms with Crippen molar-refractivity contribution in [2.75, 3.05) is 13.2 Å². The molecule has 7 heteroatoms. The van der Waals surface area contributed by atoms with E-state index in [0.717, 1.165) is 22.3 Å². The molecule has 4 aromatic rings. The smallest absolute Gasteiger partial charge is 0.330 e. The SMILES string of the molecule is CCOC(=O)/C=C/[C@H](OCc1ccccc1)[C@@H](OCc1ccccc1)[C@H](OCc1ccccc1)[C@H](O)COCc1ccccc1. The molecule has 0 aliphatic heterocycles. The zero-order valence-corrected chi connectivity index (χ0v) is 25.7. The molecule has 236 valence electrons. The predicted octanol–water partition coefficient (Wildman–Crippen LogP) is 6.44. The number of ether oxygens (including phenoxy) is 5. The van der Waals surface area contributed by atoms with Crippen molar-refractivity contribution in [1.82, 2.24) is 0 Å². The molecule has 0 heterocycles. The number of hydrogen-bond donors (Lipinski definition) is 1. The van der Waals surface area contributed by atoms with Crippen LogP contribution in [0.2, 0.25) is 0 Å². The summed E-state index contributed by atoms with van der Waals surface area (Å²) in [5.74, 6) is -0.499. The lowest BCUT2D eigenvalue weighted by atomic mass is 10.0. The zero-order chi connectivity index (χ0) is 31.5. The van der Waals surface area contributed by atoms with E-state index < -0.39 is 30.4 Å². The number of esters is 1. The van der Waals surface area contributed by atoms with E-state index in [1.807, 2.05) is 121 Å². The first-order chi connectivity index (χ1) is 22.1. The highest BCUT2D eigenvalue weighted by Crippen LogP contribution is 2.22. The second-order valence-electron chi connectivity index (χ2n) is 10.5. The molecule has 0 unspecified atom stereocenters. The van der Waals surface area contributed by atoms with Gasteiger partial charge in [-0.1, -0.05) is 121 Å². The van der Waals surface area contributed by atoms with Gasteiger partial charge in [-0.15, -0.1) is 0 Å². The molecule has 7 nitrogen and oxygen atoms in total. The maximum atomic E-state index is 12.4. The topological polar surface area (TPSA) is 83.5 Å². The summed E-state index contributed by atoms with van der Waals surface area (Å²) >= 11 is 0. The lowest BCUT2D eigenvalue weighted by Crippen LogP contribution is -2.49. The lowest BCUT2D eigenvalue weighted by molar-refractivity contribution is -0.178. The van der Waals surface area contributed by atoms with Gasteiger partial charge in [0.2, 0.25) is 0 Å². The summed E-state index contributed by atoms with van der Waals surface area (Å²) in [4.78, 5) is 12.4. The molecule has 0 spiro atoms. The largest absolute Gasteiger partial charge is 0.463 e. The Morgan fingerprint density at radius 2 is 1.04 bits per heavy atom. The fourth-order valence-electron chi connectivity index (χ4n) is 4.69. The van der Waals surface area contributed by atoms with E-state index in [-0.39, 0.29) is 33.0 Å². The third kappa shape index (κ3) is 12.1. The van der Waals surface area contributed by atoms with E-state index in [4.69, 9.17) is 23.7 Å². The highest BCUT2D eigenvalue weighted by atomic mass is 16.6. The summed E-state index contributed by atoms with van der Waals surface area (Å²) < 4.78 is 30.5. The second kappa shape index (κ2) is 19.3. The van der Waals surface area contributed by atoms with E-state index >= 15 is 0 Å². The molecule has 0 aliphatic rings. The molecule has 4 atom stereocenters. The Bertz CT molecular complexity index is 1380. The maximum absolute atomic E-state index is 12.4. The molecule has 0 amide bonds. The van der Waals surface area contributed by atoms with Crippen molar-refractivity contribution in [2.24, 2.45) is 0 Å². The van der Waals surface area contributed by atoms with Crippen molar-refractivity contribution in [3.8, 4) is 0 Å². The molecule has 0 aromatic heterocycles. The monoisotopic (exact) mass is 610 g/mol. The van der Waals surface area contributed by atoms with Crippen LogP contribution in [0.5, 0.6) is 0 Å². The average molecular weight is 611 g/mol. The van der Waals surface area contributed by atoms with E-state index in [1.165, 1.54) is 6.08 Å². The van der Waals surface area contributed by atoms with Crippen molar-refractivity contribution < 1.29 is 33.6 Å². The van der Waals surface area contributed by atoms with Gasteiger partial charge in [0.05, 0.1) is 39.6 Å². The summed E-state index contributed by atoms with van der Waals surface area (Å²) in [5, 5.41) is 11.6. The summed E-state index contributed by atoms with van der Waals surface area (Å²) in [6, 6.07) is 39.0. The highest BCUT2D eigenvalue weighted by Gasteiger charge is 2.36. The van der Waals surface area contributed by atoms with Gasteiger partial charge in [0.25, 0.3) is 0 Å². The van der Waals surface area contributed by atoms with Gasteiger partial charge in [-0.3, -0.25) is 0 Å². The Balaban J connectivity index is 1.63. The Morgan fingerprint density at radius 3 is 1.51 bits per heavy atom. The number of hydrogen-bond acceptors (Lipinski definition) is 7. The van der Waals surface area contributed by atoms with Gasteiger partial charge in [0.1, 0.15) is 24.4 Å². The molecule has 0 saturated heterocycles. The van der Waals surface area contributed by atoms with E-state index in [1.54, 1.807) is 13.0 Å². The number of aliphatic hydroxyl groups excluding tert-OH is 1. The summed E-state index contributed by atoms with van der Waals surface area (Å²) in [7, 11) is 0. The van der Waals surface area contributed by atoms with Crippen molar-refractivity contribution in [1.29, 1.82) is 0 Å². The van der Waals surface area contributed by atoms with Gasteiger partial charge in [-0.2, -0.15) is 0 Å². The predicted molar refractivity (Wildman–Crippen MR) is 173 cm³/mol. The first kappa shape index (κ1) is 33.8. The quantitative estimate of drug-likeness (QED) is 0.0967. The normalized spacial score (nSPS) is 14.1. The molecule has 1 N–H and O–H groups in total. The van der Waals surface area contributed by atoms with Crippen molar-refractivity contribution in [2.45, 2.75) is 57.8 Å². The van der Waals surface area contributed by atoms with Crippen LogP contribution in [-0.4, -0.2) is 48.7 Å². The van der Waals surface area contributed by atoms with Gasteiger partial charge in [-0.05, 0) is 35.3 Å². The molecule has 0 bridgehead atoms. The Labute approximate surface area is 266 Å². The number of carbonyl (C=O) groups excluding carboxylic acids is 1. The lowest BCUT2D eigenvalue weighted by Gasteiger charge is -2.35. The standard InChI is InChI=1S/C38H42O7/c1-2-42-36(40)24-23-35(43-26-31-17-9-4-10-18-31)38(45-28-33-21-13-6-14-22-33)37(44-27-32-19-11-5-12-20-32)34(39)29-41-25-30-15-7-3-8-16-30/h3-24,34-35,37-39H,2,25-29H2,1H3/b24-23+/t34-,35+,37-,38-/m1/s1. The summed E-state index contributed by atoms with van der Waals surface area (Å²) in [6.45, 7) is 3.01. The summed E-state index contributed by atoms with van der Waals surface area (Å²) in [5.41, 5.74) is 3.81. The van der Waals surface area contributed by atoms with Crippen LogP contribution in [-0.2, 0) is 54.9 Å². The molecule has 0 fully saturated rings. The first-order valence-electron chi connectivity index (χ1n) is 15.2. The molecule has 45 heavy (non-hydrogen) atoms. The van der Waals surface area contributed by atoms with Crippen LogP contribution in [0, 0.1) is 0 Å². The van der Waals surface area contributed by atoms with Gasteiger partial charge >= 0.3 is 5.97 Å². The molecule has 0 saturated carbocycles. The molecular formula is C38H42O7. The average Bonchev–Trinajstić information content (AvgIpc) is 3.08. The van der Waals surface area contributed by atoms with Gasteiger partial charge in [-0.25, -0.2) is 4.79 Å². The second-order valence-corrected chi connectivity index (χ2v) is 10.5. The van der Waals surface area contributed by atoms with Crippen LogP contribution in [0.3, 0.4) is 0 Å². The van der Waals surface area contributed by atoms with E-state index in [0.29, 0.717) is 6.61 Å². The fraction of sp³-hybridized carbons (Fsp3) is 0.289. The number of carbonyl (C=O) groups is 1. The summed E-state index contributed by atoms with van der Waals surface area (Å²) in [6.07, 6.45) is -0.645. The van der Waals surface area contributed by atoms with Crippen molar-refractivity contribution in [3.05, 3.63) is 156 Å². The minimum absolute atomic E-state index is 0.00740. The molecule has 0 aliphatic carbocycles. The number of aliphatic hydroxyl groups is 1. The van der Waals surface area contributed by atoms with Gasteiger partial charge < -0.3 is 28.8 Å². The van der Waals surface area contributed by atoms with Crippen LogP contribution in [0.1, 0.15) is 29.2 Å². The van der Waals surface area contributed by atoms with E-state index in [2.05, 4.69) is 0 Å². The van der Waals surface area contributed by atoms with E-state index in [9.17, 15) is 9.90 Å². The fourth-order valence-corrected chi connectivity index (χ4v) is 4.69. The van der Waals surface area contributed by atoms with Crippen molar-refractivity contribution in [3.63, 3.8) is 0 Å². The molecule has 4 rings (SSSR count). The molecular weight excluding hydrogens is 568 g/mol. The maximum Gasteiger partial charge on any atom is 0.330 e. The Kier molecular flexibility index (Phi) is 14.5. The van der Waals surface area contributed by atoms with Crippen LogP contribution in [0.15, 0.2) is 133 Å². The third-order valence-electron chi connectivity index (χ3n) is 6.99. The van der Waals surface area contributed by atoms with Gasteiger partial charge in [0.15, 0.2) is 0 Å². The highest BCUT2D eigenvalue weighted by molar-refractivity contribution is 5.81. The Morgan fingerprint density at radius 1 is 0.622 bits per heavy atom. The minimum Gasteiger partial charge on any atom is -0.463 e. The third-order valence-corrected chi connectivity index (χ3v) is 6.99. The van der Waals surface area contributed by atoms with Crippen LogP contribution in [0.4, 0.5) is 0 Å². The Hall–Kier alpha value is -4.11. The number of rotatable bonds is 19. The molecule has 0 radical (unpaired) electrons. The number of benzene rings is 4. The molecule has 4 aromatic carbocycles. The van der Waals surface area contributed by atoms with Crippen LogP contribution < -0.4 is 0 Å². The first-order valence-corrected chi connectivity index (χ1v) is 15.2. The zero-order valence-electron chi connectivity index (χ0n) is 25.7. The van der Waals surface area contributed by atoms with Crippen LogP contribution >= 0.6 is 0 Å². The minimum atomic E-state index is -1.09. The van der Waals surface area contributed by atoms with Crippen molar-refractivity contribution >= 4 is 5.97 Å². The van der Waals surface area contributed by atoms with Crippen LogP contribution in [0.25, 0.3) is 0 Å². The van der Waals surface area contributed by atoms with Gasteiger partial charge in [0, 0.05) is 6.08 Å².